The van der Waals surface area contributed by atoms with Crippen molar-refractivity contribution >= 4 is 51.1 Å². The number of piperidine rings is 2. The van der Waals surface area contributed by atoms with E-state index in [1.54, 1.807) is 31.9 Å². The Morgan fingerprint density at radius 1 is 0.737 bits per heavy atom. The Hall–Kier alpha value is -6.18. The fraction of sp³-hybridized carbons (Fsp3) is 0.395. The molecule has 292 valence electrons. The fourth-order valence-corrected chi connectivity index (χ4v) is 7.75. The van der Waals surface area contributed by atoms with Gasteiger partial charge in [-0.15, -0.1) is 0 Å². The van der Waals surface area contributed by atoms with Crippen molar-refractivity contribution < 1.29 is 14.3 Å². The molecule has 14 heteroatoms. The molecular formula is C43H47N11O3. The average Bonchev–Trinajstić information content (AvgIpc) is 4.21. The van der Waals surface area contributed by atoms with E-state index in [0.29, 0.717) is 29.1 Å². The number of ether oxygens (including phenoxy) is 2. The Morgan fingerprint density at radius 2 is 1.46 bits per heavy atom. The number of carbonyl (C=O) groups excluding carboxylic acids is 1. The number of para-hydroxylation sites is 1. The molecule has 2 saturated carbocycles. The van der Waals surface area contributed by atoms with Crippen LogP contribution in [0.3, 0.4) is 0 Å². The number of anilines is 4. The number of methoxy groups -OCH3 is 1. The topological polar surface area (TPSA) is 170 Å². The van der Waals surface area contributed by atoms with Crippen LogP contribution in [0.1, 0.15) is 73.3 Å². The molecule has 0 amide bonds. The number of hydrogen-bond donors (Lipinski definition) is 2. The Balaban J connectivity index is 0.000000149. The van der Waals surface area contributed by atoms with Crippen molar-refractivity contribution in [3.8, 4) is 11.5 Å². The maximum atomic E-state index is 13.1. The zero-order valence-corrected chi connectivity index (χ0v) is 32.1. The van der Waals surface area contributed by atoms with E-state index in [1.807, 2.05) is 54.7 Å². The Kier molecular flexibility index (Phi) is 10.3. The molecule has 0 bridgehead atoms. The molecule has 1 aromatic carbocycles. The quantitative estimate of drug-likeness (QED) is 0.142. The standard InChI is InChI=1S/C23H25N5O2.C20H22N6O/c1-30-20-5-3-2-4-17(20)21(29)15-9-12-28(13-10-15)23-22(25-16-6-7-16)26-18-8-11-24-14-19(18)27-23;21-19-20(25-18-16(24-19)5-10-23-17(18)13-1-2-13)26-11-6-15(7-12-26)27-14-3-8-22-9-4-14/h2-5,8,11,14-16H,6-7,9-10,12-13H2,1H3,(H,25,26);3-5,8-10,13,15H,1-2,6-7,11-12H2,(H2,21,24). The first kappa shape index (κ1) is 36.5. The second kappa shape index (κ2) is 16.1. The van der Waals surface area contributed by atoms with Crippen LogP contribution in [0.4, 0.5) is 23.3 Å². The maximum absolute atomic E-state index is 13.1. The van der Waals surface area contributed by atoms with E-state index in [0.717, 1.165) is 103 Å². The van der Waals surface area contributed by atoms with Crippen molar-refractivity contribution in [1.82, 2.24) is 34.9 Å². The van der Waals surface area contributed by atoms with Crippen LogP contribution in [0.15, 0.2) is 79.5 Å². The van der Waals surface area contributed by atoms with Crippen LogP contribution in [0, 0.1) is 5.92 Å². The molecular weight excluding hydrogens is 719 g/mol. The lowest BCUT2D eigenvalue weighted by Gasteiger charge is -2.33. The smallest absolute Gasteiger partial charge is 0.172 e. The molecule has 5 aromatic heterocycles. The molecule has 0 unspecified atom stereocenters. The molecule has 0 spiro atoms. The lowest BCUT2D eigenvalue weighted by Crippen LogP contribution is -2.39. The van der Waals surface area contributed by atoms with Gasteiger partial charge in [0.2, 0.25) is 0 Å². The summed E-state index contributed by atoms with van der Waals surface area (Å²) in [6.45, 7) is 3.23. The van der Waals surface area contributed by atoms with E-state index >= 15 is 0 Å². The number of pyridine rings is 3. The predicted octanol–water partition coefficient (Wildman–Crippen LogP) is 6.63. The normalized spacial score (nSPS) is 17.6. The lowest BCUT2D eigenvalue weighted by atomic mass is 9.88. The number of hydrogen-bond acceptors (Lipinski definition) is 14. The number of nitrogen functional groups attached to an aromatic ring is 1. The van der Waals surface area contributed by atoms with Crippen LogP contribution >= 0.6 is 0 Å². The first-order valence-corrected chi connectivity index (χ1v) is 20.0. The van der Waals surface area contributed by atoms with E-state index in [1.165, 1.54) is 25.7 Å². The number of nitrogens with zero attached hydrogens (tertiary/aromatic N) is 9. The number of ketones is 1. The van der Waals surface area contributed by atoms with Gasteiger partial charge in [-0.2, -0.15) is 0 Å². The van der Waals surface area contributed by atoms with Gasteiger partial charge in [-0.25, -0.2) is 19.9 Å². The Bertz CT molecular complexity index is 2360. The predicted molar refractivity (Wildman–Crippen MR) is 220 cm³/mol. The maximum Gasteiger partial charge on any atom is 0.172 e. The van der Waals surface area contributed by atoms with Gasteiger partial charge in [0.1, 0.15) is 28.6 Å². The molecule has 0 atom stereocenters. The summed E-state index contributed by atoms with van der Waals surface area (Å²) >= 11 is 0. The van der Waals surface area contributed by atoms with Gasteiger partial charge in [-0.3, -0.25) is 19.7 Å². The van der Waals surface area contributed by atoms with E-state index in [9.17, 15) is 4.79 Å². The van der Waals surface area contributed by atoms with Gasteiger partial charge < -0.3 is 30.3 Å². The SMILES string of the molecule is COc1ccccc1C(=O)C1CCN(c2nc3cnccc3nc2NC2CC2)CC1.Nc1nc2ccnc(C3CC3)c2nc1N1CCC(Oc2ccncc2)CC1. The van der Waals surface area contributed by atoms with E-state index in [-0.39, 0.29) is 17.8 Å². The van der Waals surface area contributed by atoms with Crippen LogP contribution in [0.2, 0.25) is 0 Å². The number of nitrogens with one attached hydrogen (secondary N) is 1. The monoisotopic (exact) mass is 765 g/mol. The number of carbonyl (C=O) groups is 1. The van der Waals surface area contributed by atoms with Crippen LogP contribution in [0.5, 0.6) is 11.5 Å². The first-order valence-electron chi connectivity index (χ1n) is 20.0. The summed E-state index contributed by atoms with van der Waals surface area (Å²) < 4.78 is 11.4. The summed E-state index contributed by atoms with van der Waals surface area (Å²) in [5.41, 5.74) is 11.4. The highest BCUT2D eigenvalue weighted by Gasteiger charge is 2.32. The second-order valence-corrected chi connectivity index (χ2v) is 15.3. The highest BCUT2D eigenvalue weighted by atomic mass is 16.5. The third-order valence-corrected chi connectivity index (χ3v) is 11.2. The summed E-state index contributed by atoms with van der Waals surface area (Å²) in [4.78, 5) is 49.5. The zero-order chi connectivity index (χ0) is 38.7. The molecule has 7 heterocycles. The van der Waals surface area contributed by atoms with Crippen LogP contribution in [-0.2, 0) is 0 Å². The average molecular weight is 766 g/mol. The third kappa shape index (κ3) is 8.21. The highest BCUT2D eigenvalue weighted by Crippen LogP contribution is 2.42. The van der Waals surface area contributed by atoms with E-state index in [4.69, 9.17) is 30.2 Å². The van der Waals surface area contributed by atoms with Crippen molar-refractivity contribution in [2.45, 2.75) is 69.4 Å². The molecule has 14 nitrogen and oxygen atoms in total. The largest absolute Gasteiger partial charge is 0.496 e. The number of rotatable bonds is 10. The highest BCUT2D eigenvalue weighted by molar-refractivity contribution is 6.00. The molecule has 2 saturated heterocycles. The summed E-state index contributed by atoms with van der Waals surface area (Å²) in [5, 5.41) is 3.53. The van der Waals surface area contributed by atoms with Crippen molar-refractivity contribution in [3.05, 3.63) is 90.8 Å². The lowest BCUT2D eigenvalue weighted by molar-refractivity contribution is 0.0897. The van der Waals surface area contributed by atoms with Crippen LogP contribution < -0.4 is 30.3 Å². The summed E-state index contributed by atoms with van der Waals surface area (Å²) in [7, 11) is 1.61. The molecule has 2 aliphatic heterocycles. The van der Waals surface area contributed by atoms with Gasteiger partial charge >= 0.3 is 0 Å². The first-order chi connectivity index (χ1) is 28.0. The minimum atomic E-state index is -0.00697. The minimum Gasteiger partial charge on any atom is -0.496 e. The molecule has 2 aliphatic carbocycles. The molecule has 3 N–H and O–H groups in total. The van der Waals surface area contributed by atoms with Crippen LogP contribution in [0.25, 0.3) is 22.1 Å². The number of benzene rings is 1. The number of nitrogens with two attached hydrogens (primary N) is 1. The van der Waals surface area contributed by atoms with Gasteiger partial charge in [0.05, 0.1) is 35.6 Å². The number of Topliss-reactive ketones (excluding diaryl/α,β-unsaturated/α-hetero) is 1. The molecule has 57 heavy (non-hydrogen) atoms. The number of aromatic nitrogens is 7. The molecule has 6 aromatic rings. The Morgan fingerprint density at radius 3 is 2.21 bits per heavy atom. The minimum absolute atomic E-state index is 0.00697. The zero-order valence-electron chi connectivity index (χ0n) is 32.1. The molecule has 0 radical (unpaired) electrons. The second-order valence-electron chi connectivity index (χ2n) is 15.3. The van der Waals surface area contributed by atoms with Gasteiger partial charge in [0.25, 0.3) is 0 Å². The summed E-state index contributed by atoms with van der Waals surface area (Å²) in [6, 6.07) is 15.5. The van der Waals surface area contributed by atoms with Crippen LogP contribution in [-0.4, -0.2) is 86.1 Å². The molecule has 4 fully saturated rings. The fourth-order valence-electron chi connectivity index (χ4n) is 7.75. The molecule has 4 aliphatic rings. The van der Waals surface area contributed by atoms with Gasteiger partial charge in [0, 0.05) is 81.7 Å². The van der Waals surface area contributed by atoms with Gasteiger partial charge in [-0.05, 0) is 74.9 Å². The van der Waals surface area contributed by atoms with Crippen molar-refractivity contribution in [2.75, 3.05) is 54.1 Å². The number of fused-ring (bicyclic) bond motifs is 2. The summed E-state index contributed by atoms with van der Waals surface area (Å²) in [6.07, 6.45) is 17.1. The van der Waals surface area contributed by atoms with Gasteiger partial charge in [-0.1, -0.05) is 12.1 Å². The van der Waals surface area contributed by atoms with E-state index in [2.05, 4.69) is 35.1 Å². The third-order valence-electron chi connectivity index (χ3n) is 11.2. The molecule has 10 rings (SSSR count). The van der Waals surface area contributed by atoms with Crippen molar-refractivity contribution in [1.29, 1.82) is 0 Å². The summed E-state index contributed by atoms with van der Waals surface area (Å²) in [5.74, 6) is 5.17. The van der Waals surface area contributed by atoms with Crippen molar-refractivity contribution in [2.24, 2.45) is 5.92 Å². The Labute approximate surface area is 331 Å². The van der Waals surface area contributed by atoms with Crippen molar-refractivity contribution in [3.63, 3.8) is 0 Å². The van der Waals surface area contributed by atoms with Gasteiger partial charge in [0.15, 0.2) is 29.1 Å². The van der Waals surface area contributed by atoms with E-state index < -0.39 is 0 Å².